The fourth-order valence-electron chi connectivity index (χ4n) is 3.86. The largest absolute Gasteiger partial charge is 0.396 e. The molecule has 0 radical (unpaired) electrons. The predicted octanol–water partition coefficient (Wildman–Crippen LogP) is 2.53. The van der Waals surface area contributed by atoms with Crippen LogP contribution in [0.1, 0.15) is 24.8 Å². The van der Waals surface area contributed by atoms with Crippen LogP contribution in [0.15, 0.2) is 57.7 Å². The van der Waals surface area contributed by atoms with Crippen molar-refractivity contribution >= 4 is 11.2 Å². The van der Waals surface area contributed by atoms with Crippen molar-refractivity contribution < 1.29 is 5.11 Å². The number of fused-ring (bicyclic) bond motifs is 1. The number of hydrogen-bond acceptors (Lipinski definition) is 4. The SMILES string of the molecule is Cc1ccc(-c2nc3c(c(=O)n(CCCO)c(=O)n3C)n2CC2=CC=CCC2)cc1. The molecule has 0 saturated heterocycles. The monoisotopic (exact) mass is 406 g/mol. The smallest absolute Gasteiger partial charge is 0.332 e. The first kappa shape index (κ1) is 20.1. The minimum absolute atomic E-state index is 0.0826. The summed E-state index contributed by atoms with van der Waals surface area (Å²) in [5.74, 6) is 0.674. The third-order valence-electron chi connectivity index (χ3n) is 5.54. The van der Waals surface area contributed by atoms with Crippen molar-refractivity contribution in [1.29, 1.82) is 0 Å². The Bertz CT molecular complexity index is 1260. The molecule has 7 nitrogen and oxygen atoms in total. The Kier molecular flexibility index (Phi) is 5.55. The van der Waals surface area contributed by atoms with Crippen LogP contribution in [-0.2, 0) is 20.1 Å². The van der Waals surface area contributed by atoms with Gasteiger partial charge in [-0.2, -0.15) is 0 Å². The van der Waals surface area contributed by atoms with E-state index in [1.165, 1.54) is 14.7 Å². The minimum atomic E-state index is -0.416. The number of rotatable bonds is 6. The van der Waals surface area contributed by atoms with Crippen LogP contribution in [0.4, 0.5) is 0 Å². The summed E-state index contributed by atoms with van der Waals surface area (Å²) in [6.45, 7) is 2.65. The zero-order chi connectivity index (χ0) is 21.3. The van der Waals surface area contributed by atoms with Crippen LogP contribution >= 0.6 is 0 Å². The summed E-state index contributed by atoms with van der Waals surface area (Å²) in [7, 11) is 1.64. The molecular weight excluding hydrogens is 380 g/mol. The van der Waals surface area contributed by atoms with Gasteiger partial charge in [0.1, 0.15) is 5.82 Å². The zero-order valence-corrected chi connectivity index (χ0v) is 17.3. The molecule has 0 fully saturated rings. The summed E-state index contributed by atoms with van der Waals surface area (Å²) in [6.07, 6.45) is 8.49. The standard InChI is InChI=1S/C23H26N4O3/c1-16-9-11-18(12-10-16)20-24-21-19(27(20)15-17-7-4-3-5-8-17)22(29)26(13-6-14-28)23(30)25(21)2/h3-4,7,9-12,28H,5-6,8,13-15H2,1-2H3. The van der Waals surface area contributed by atoms with Gasteiger partial charge >= 0.3 is 5.69 Å². The van der Waals surface area contributed by atoms with Crippen molar-refractivity contribution in [1.82, 2.24) is 18.7 Å². The highest BCUT2D eigenvalue weighted by Crippen LogP contribution is 2.25. The van der Waals surface area contributed by atoms with Gasteiger partial charge in [0.15, 0.2) is 11.2 Å². The number of benzene rings is 1. The van der Waals surface area contributed by atoms with E-state index in [1.54, 1.807) is 7.05 Å². The van der Waals surface area contributed by atoms with Gasteiger partial charge in [0.05, 0.1) is 0 Å². The third-order valence-corrected chi connectivity index (χ3v) is 5.54. The second-order valence-corrected chi connectivity index (χ2v) is 7.73. The first-order valence-corrected chi connectivity index (χ1v) is 10.2. The van der Waals surface area contributed by atoms with Gasteiger partial charge < -0.3 is 9.67 Å². The van der Waals surface area contributed by atoms with Crippen molar-refractivity contribution in [2.24, 2.45) is 7.05 Å². The molecule has 1 aliphatic carbocycles. The highest BCUT2D eigenvalue weighted by atomic mass is 16.3. The van der Waals surface area contributed by atoms with E-state index in [0.29, 0.717) is 30.0 Å². The molecule has 156 valence electrons. The molecule has 1 aliphatic rings. The van der Waals surface area contributed by atoms with Crippen molar-refractivity contribution in [3.05, 3.63) is 74.5 Å². The number of hydrogen-bond donors (Lipinski definition) is 1. The van der Waals surface area contributed by atoms with Crippen LogP contribution in [-0.4, -0.2) is 30.4 Å². The Morgan fingerprint density at radius 3 is 2.57 bits per heavy atom. The summed E-state index contributed by atoms with van der Waals surface area (Å²) < 4.78 is 4.56. The Morgan fingerprint density at radius 2 is 1.90 bits per heavy atom. The molecule has 0 spiro atoms. The van der Waals surface area contributed by atoms with Crippen molar-refractivity contribution in [3.8, 4) is 11.4 Å². The van der Waals surface area contributed by atoms with Gasteiger partial charge in [0, 0.05) is 32.3 Å². The van der Waals surface area contributed by atoms with E-state index < -0.39 is 5.69 Å². The molecule has 0 atom stereocenters. The molecule has 0 amide bonds. The molecule has 0 aliphatic heterocycles. The van der Waals surface area contributed by atoms with E-state index in [1.807, 2.05) is 41.8 Å². The average molecular weight is 406 g/mol. The summed E-state index contributed by atoms with van der Waals surface area (Å²) in [5, 5.41) is 9.18. The maximum atomic E-state index is 13.3. The molecule has 2 heterocycles. The molecule has 4 rings (SSSR count). The van der Waals surface area contributed by atoms with E-state index in [-0.39, 0.29) is 18.7 Å². The average Bonchev–Trinajstić information content (AvgIpc) is 3.13. The fourth-order valence-corrected chi connectivity index (χ4v) is 3.86. The number of aryl methyl sites for hydroxylation is 2. The molecule has 0 bridgehead atoms. The Labute approximate surface area is 174 Å². The first-order valence-electron chi connectivity index (χ1n) is 10.2. The lowest BCUT2D eigenvalue weighted by Crippen LogP contribution is -2.40. The van der Waals surface area contributed by atoms with E-state index in [0.717, 1.165) is 24.0 Å². The molecule has 3 aromatic rings. The lowest BCUT2D eigenvalue weighted by atomic mass is 10.0. The summed E-state index contributed by atoms with van der Waals surface area (Å²) >= 11 is 0. The van der Waals surface area contributed by atoms with Gasteiger partial charge in [-0.1, -0.05) is 53.6 Å². The predicted molar refractivity (Wildman–Crippen MR) is 118 cm³/mol. The maximum absolute atomic E-state index is 13.3. The quantitative estimate of drug-likeness (QED) is 0.682. The lowest BCUT2D eigenvalue weighted by molar-refractivity contribution is 0.277. The highest BCUT2D eigenvalue weighted by molar-refractivity contribution is 5.77. The second-order valence-electron chi connectivity index (χ2n) is 7.73. The van der Waals surface area contributed by atoms with Gasteiger partial charge in [-0.25, -0.2) is 9.78 Å². The molecule has 7 heteroatoms. The van der Waals surface area contributed by atoms with Gasteiger partial charge in [-0.15, -0.1) is 0 Å². The Balaban J connectivity index is 2.00. The van der Waals surface area contributed by atoms with Gasteiger partial charge in [-0.3, -0.25) is 13.9 Å². The number of allylic oxidation sites excluding steroid dienone is 4. The summed E-state index contributed by atoms with van der Waals surface area (Å²) in [6, 6.07) is 8.01. The Morgan fingerprint density at radius 1 is 1.13 bits per heavy atom. The molecule has 1 N–H and O–H groups in total. The van der Waals surface area contributed by atoms with Gasteiger partial charge in [-0.05, 0) is 26.2 Å². The van der Waals surface area contributed by atoms with Crippen molar-refractivity contribution in [2.75, 3.05) is 6.61 Å². The Hall–Kier alpha value is -3.19. The third kappa shape index (κ3) is 3.57. The maximum Gasteiger partial charge on any atom is 0.332 e. The first-order chi connectivity index (χ1) is 14.5. The van der Waals surface area contributed by atoms with Crippen LogP contribution in [0.2, 0.25) is 0 Å². The van der Waals surface area contributed by atoms with E-state index in [4.69, 9.17) is 4.98 Å². The number of aliphatic hydroxyl groups excluding tert-OH is 1. The lowest BCUT2D eigenvalue weighted by Gasteiger charge is -2.14. The number of nitrogens with zero attached hydrogens (tertiary/aromatic N) is 4. The van der Waals surface area contributed by atoms with E-state index in [2.05, 4.69) is 12.2 Å². The van der Waals surface area contributed by atoms with Crippen molar-refractivity contribution in [3.63, 3.8) is 0 Å². The minimum Gasteiger partial charge on any atom is -0.396 e. The topological polar surface area (TPSA) is 82.1 Å². The van der Waals surface area contributed by atoms with Gasteiger partial charge in [0.2, 0.25) is 0 Å². The van der Waals surface area contributed by atoms with Crippen LogP contribution in [0.3, 0.4) is 0 Å². The summed E-state index contributed by atoms with van der Waals surface area (Å²) in [4.78, 5) is 30.9. The molecule has 2 aromatic heterocycles. The molecule has 30 heavy (non-hydrogen) atoms. The van der Waals surface area contributed by atoms with Crippen LogP contribution < -0.4 is 11.2 Å². The second kappa shape index (κ2) is 8.28. The van der Waals surface area contributed by atoms with Crippen LogP contribution in [0.5, 0.6) is 0 Å². The zero-order valence-electron chi connectivity index (χ0n) is 17.3. The normalized spacial score (nSPS) is 13.8. The highest BCUT2D eigenvalue weighted by Gasteiger charge is 2.21. The van der Waals surface area contributed by atoms with Gasteiger partial charge in [0.25, 0.3) is 5.56 Å². The van der Waals surface area contributed by atoms with Crippen molar-refractivity contribution in [2.45, 2.75) is 39.3 Å². The number of imidazole rings is 1. The van der Waals surface area contributed by atoms with Crippen LogP contribution in [0.25, 0.3) is 22.6 Å². The molecule has 0 saturated carbocycles. The summed E-state index contributed by atoms with van der Waals surface area (Å²) in [5.41, 5.74) is 3.27. The molecule has 1 aromatic carbocycles. The van der Waals surface area contributed by atoms with Crippen LogP contribution in [0, 0.1) is 6.92 Å². The fraction of sp³-hybridized carbons (Fsp3) is 0.348. The van der Waals surface area contributed by atoms with E-state index in [9.17, 15) is 14.7 Å². The number of aromatic nitrogens is 4. The molecule has 0 unspecified atom stereocenters. The molecular formula is C23H26N4O3. The van der Waals surface area contributed by atoms with E-state index >= 15 is 0 Å². The number of aliphatic hydroxyl groups is 1.